The molecule has 1 fully saturated rings. The minimum absolute atomic E-state index is 0.0811. The first kappa shape index (κ1) is 14.8. The van der Waals surface area contributed by atoms with Gasteiger partial charge in [-0.3, -0.25) is 10.1 Å². The van der Waals surface area contributed by atoms with Gasteiger partial charge in [0.2, 0.25) is 0 Å². The number of hydrogen-bond donors (Lipinski definition) is 1. The first-order valence-corrected chi connectivity index (χ1v) is 7.00. The first-order chi connectivity index (χ1) is 9.48. The van der Waals surface area contributed by atoms with E-state index in [9.17, 15) is 10.1 Å². The third-order valence-electron chi connectivity index (χ3n) is 4.36. The molecule has 20 heavy (non-hydrogen) atoms. The summed E-state index contributed by atoms with van der Waals surface area (Å²) in [4.78, 5) is 10.6. The molecule has 0 saturated heterocycles. The number of nitrogens with two attached hydrogens (primary N) is 1. The maximum atomic E-state index is 11.0. The van der Waals surface area contributed by atoms with Crippen LogP contribution >= 0.6 is 0 Å². The Hall–Kier alpha value is -1.62. The van der Waals surface area contributed by atoms with Crippen molar-refractivity contribution < 1.29 is 9.66 Å². The first-order valence-electron chi connectivity index (χ1n) is 7.00. The van der Waals surface area contributed by atoms with Crippen LogP contribution in [0.15, 0.2) is 18.2 Å². The molecule has 0 amide bonds. The van der Waals surface area contributed by atoms with Gasteiger partial charge in [-0.05, 0) is 48.8 Å². The van der Waals surface area contributed by atoms with E-state index in [2.05, 4.69) is 6.92 Å². The highest BCUT2D eigenvalue weighted by atomic mass is 16.6. The van der Waals surface area contributed by atoms with Gasteiger partial charge in [-0.2, -0.15) is 0 Å². The van der Waals surface area contributed by atoms with Gasteiger partial charge in [-0.1, -0.05) is 13.3 Å². The van der Waals surface area contributed by atoms with E-state index >= 15 is 0 Å². The van der Waals surface area contributed by atoms with Crippen molar-refractivity contribution in [3.8, 4) is 5.75 Å². The number of rotatable bonds is 5. The molecule has 2 rings (SSSR count). The molecule has 5 nitrogen and oxygen atoms in total. The molecule has 0 radical (unpaired) electrons. The molecule has 0 aliphatic heterocycles. The van der Waals surface area contributed by atoms with Gasteiger partial charge in [0.25, 0.3) is 5.69 Å². The Labute approximate surface area is 119 Å². The number of benzene rings is 1. The minimum atomic E-state index is -0.377. The number of methoxy groups -OCH3 is 1. The lowest BCUT2D eigenvalue weighted by Crippen LogP contribution is -2.30. The van der Waals surface area contributed by atoms with Crippen LogP contribution in [0.3, 0.4) is 0 Å². The van der Waals surface area contributed by atoms with Crippen molar-refractivity contribution in [1.82, 2.24) is 0 Å². The molecule has 1 saturated carbocycles. The average molecular weight is 278 g/mol. The van der Waals surface area contributed by atoms with E-state index < -0.39 is 0 Å². The van der Waals surface area contributed by atoms with E-state index in [0.29, 0.717) is 18.2 Å². The van der Waals surface area contributed by atoms with Gasteiger partial charge < -0.3 is 10.5 Å². The summed E-state index contributed by atoms with van der Waals surface area (Å²) in [5.41, 5.74) is 7.09. The molecule has 5 heteroatoms. The fourth-order valence-corrected chi connectivity index (χ4v) is 3.32. The summed E-state index contributed by atoms with van der Waals surface area (Å²) in [6.45, 7) is 2.87. The van der Waals surface area contributed by atoms with Crippen LogP contribution in [0.4, 0.5) is 5.69 Å². The van der Waals surface area contributed by atoms with Crippen LogP contribution in [0, 0.1) is 21.4 Å². The van der Waals surface area contributed by atoms with Gasteiger partial charge >= 0.3 is 0 Å². The van der Waals surface area contributed by atoms with Gasteiger partial charge in [0.15, 0.2) is 0 Å². The Morgan fingerprint density at radius 3 is 2.75 bits per heavy atom. The van der Waals surface area contributed by atoms with Gasteiger partial charge in [0.1, 0.15) is 5.75 Å². The minimum Gasteiger partial charge on any atom is -0.496 e. The molecule has 110 valence electrons. The predicted molar refractivity (Wildman–Crippen MR) is 77.9 cm³/mol. The fraction of sp³-hybridized carbons (Fsp3) is 0.600. The molecule has 0 aromatic heterocycles. The predicted octanol–water partition coefficient (Wildman–Crippen LogP) is 2.91. The molecule has 2 N–H and O–H groups in total. The van der Waals surface area contributed by atoms with Crippen LogP contribution in [0.25, 0.3) is 0 Å². The van der Waals surface area contributed by atoms with Gasteiger partial charge in [-0.15, -0.1) is 0 Å². The Bertz CT molecular complexity index is 504. The van der Waals surface area contributed by atoms with Crippen LogP contribution in [0.5, 0.6) is 5.75 Å². The molecule has 2 unspecified atom stereocenters. The van der Waals surface area contributed by atoms with E-state index in [-0.39, 0.29) is 16.0 Å². The van der Waals surface area contributed by atoms with Gasteiger partial charge in [0, 0.05) is 6.07 Å². The number of hydrogen-bond acceptors (Lipinski definition) is 4. The summed E-state index contributed by atoms with van der Waals surface area (Å²) in [6, 6.07) is 4.98. The lowest BCUT2D eigenvalue weighted by Gasteiger charge is -2.27. The zero-order chi connectivity index (χ0) is 14.8. The molecule has 1 aromatic carbocycles. The molecule has 0 heterocycles. The highest BCUT2D eigenvalue weighted by molar-refractivity contribution is 5.43. The highest BCUT2D eigenvalue weighted by Gasteiger charge is 2.36. The van der Waals surface area contributed by atoms with Crippen molar-refractivity contribution in [2.45, 2.75) is 32.6 Å². The highest BCUT2D eigenvalue weighted by Crippen LogP contribution is 2.43. The quantitative estimate of drug-likeness (QED) is 0.663. The Kier molecular flexibility index (Phi) is 4.28. The summed E-state index contributed by atoms with van der Waals surface area (Å²) in [5.74, 6) is 1.21. The van der Waals surface area contributed by atoms with Crippen molar-refractivity contribution in [2.24, 2.45) is 17.1 Å². The molecule has 1 aliphatic rings. The van der Waals surface area contributed by atoms with Crippen molar-refractivity contribution in [3.63, 3.8) is 0 Å². The van der Waals surface area contributed by atoms with E-state index in [1.54, 1.807) is 6.07 Å². The lowest BCUT2D eigenvalue weighted by molar-refractivity contribution is -0.385. The van der Waals surface area contributed by atoms with Gasteiger partial charge in [0.05, 0.1) is 18.1 Å². The zero-order valence-electron chi connectivity index (χ0n) is 12.1. The molecule has 0 bridgehead atoms. The fourth-order valence-electron chi connectivity index (χ4n) is 3.32. The summed E-state index contributed by atoms with van der Waals surface area (Å²) in [5, 5.41) is 11.0. The summed E-state index contributed by atoms with van der Waals surface area (Å²) >= 11 is 0. The van der Waals surface area contributed by atoms with Crippen LogP contribution in [0.1, 0.15) is 31.7 Å². The SMILES string of the molecule is COc1cc(CC2(CN)CCC(C)C2)cc([N+](=O)[O-])c1. The molecule has 0 spiro atoms. The molecule has 1 aliphatic carbocycles. The van der Waals surface area contributed by atoms with Crippen LogP contribution < -0.4 is 10.5 Å². The van der Waals surface area contributed by atoms with Crippen molar-refractivity contribution >= 4 is 5.69 Å². The number of nitrogens with zero attached hydrogens (tertiary/aromatic N) is 1. The number of non-ortho nitro benzene ring substituents is 1. The van der Waals surface area contributed by atoms with E-state index in [4.69, 9.17) is 10.5 Å². The second-order valence-corrected chi connectivity index (χ2v) is 6.03. The number of nitro groups is 1. The second-order valence-electron chi connectivity index (χ2n) is 6.03. The number of ether oxygens (including phenoxy) is 1. The Morgan fingerprint density at radius 2 is 2.25 bits per heavy atom. The average Bonchev–Trinajstić information content (AvgIpc) is 2.80. The monoisotopic (exact) mass is 278 g/mol. The molecule has 1 aromatic rings. The van der Waals surface area contributed by atoms with E-state index in [0.717, 1.165) is 24.8 Å². The standard InChI is InChI=1S/C15H22N2O3/c1-11-3-4-15(8-11,10-16)9-12-5-13(17(18)19)7-14(6-12)20-2/h5-7,11H,3-4,8-10,16H2,1-2H3. The lowest BCUT2D eigenvalue weighted by atomic mass is 9.79. The van der Waals surface area contributed by atoms with Gasteiger partial charge in [-0.25, -0.2) is 0 Å². The van der Waals surface area contributed by atoms with Crippen LogP contribution in [-0.4, -0.2) is 18.6 Å². The van der Waals surface area contributed by atoms with Crippen LogP contribution in [0.2, 0.25) is 0 Å². The maximum Gasteiger partial charge on any atom is 0.273 e. The van der Waals surface area contributed by atoms with Crippen molar-refractivity contribution in [3.05, 3.63) is 33.9 Å². The van der Waals surface area contributed by atoms with Crippen molar-refractivity contribution in [1.29, 1.82) is 0 Å². The summed E-state index contributed by atoms with van der Waals surface area (Å²) in [6.07, 6.45) is 4.15. The molecule has 2 atom stereocenters. The largest absolute Gasteiger partial charge is 0.496 e. The van der Waals surface area contributed by atoms with Crippen molar-refractivity contribution in [2.75, 3.05) is 13.7 Å². The topological polar surface area (TPSA) is 78.4 Å². The van der Waals surface area contributed by atoms with E-state index in [1.165, 1.54) is 19.6 Å². The Balaban J connectivity index is 2.28. The zero-order valence-corrected chi connectivity index (χ0v) is 12.1. The third kappa shape index (κ3) is 3.10. The maximum absolute atomic E-state index is 11.0. The Morgan fingerprint density at radius 1 is 1.50 bits per heavy atom. The smallest absolute Gasteiger partial charge is 0.273 e. The van der Waals surface area contributed by atoms with E-state index in [1.807, 2.05) is 6.07 Å². The second kappa shape index (κ2) is 5.79. The normalized spacial score (nSPS) is 25.6. The number of nitro benzene ring substituents is 1. The molecular formula is C15H22N2O3. The summed E-state index contributed by atoms with van der Waals surface area (Å²) in [7, 11) is 1.53. The summed E-state index contributed by atoms with van der Waals surface area (Å²) < 4.78 is 5.16. The van der Waals surface area contributed by atoms with Crippen LogP contribution in [-0.2, 0) is 6.42 Å². The third-order valence-corrected chi connectivity index (χ3v) is 4.36. The molecular weight excluding hydrogens is 256 g/mol.